The van der Waals surface area contributed by atoms with E-state index in [1.807, 2.05) is 17.5 Å². The Morgan fingerprint density at radius 1 is 1.33 bits per heavy atom. The maximum absolute atomic E-state index is 6.07. The molecule has 0 amide bonds. The van der Waals surface area contributed by atoms with E-state index in [9.17, 15) is 0 Å². The Hall–Kier alpha value is -1.17. The van der Waals surface area contributed by atoms with Gasteiger partial charge in [-0.3, -0.25) is 4.90 Å². The Bertz CT molecular complexity index is 587. The molecule has 0 radical (unpaired) electrons. The summed E-state index contributed by atoms with van der Waals surface area (Å²) in [5, 5.41) is 2.05. The lowest BCUT2D eigenvalue weighted by Crippen LogP contribution is -2.49. The predicted molar refractivity (Wildman–Crippen MR) is 82.2 cm³/mol. The molecule has 1 saturated heterocycles. The van der Waals surface area contributed by atoms with Gasteiger partial charge in [0.15, 0.2) is 0 Å². The summed E-state index contributed by atoms with van der Waals surface area (Å²) >= 11 is 1.66. The normalized spacial score (nSPS) is 22.1. The van der Waals surface area contributed by atoms with Gasteiger partial charge in [0.05, 0.1) is 22.8 Å². The predicted octanol–water partition coefficient (Wildman–Crippen LogP) is 3.55. The maximum Gasteiger partial charge on any atom is 0.236 e. The zero-order chi connectivity index (χ0) is 14.1. The fraction of sp³-hybridized carbons (Fsp3) is 0.562. The highest BCUT2D eigenvalue weighted by Crippen LogP contribution is 2.36. The Labute approximate surface area is 128 Å². The molecule has 2 aliphatic rings. The zero-order valence-electron chi connectivity index (χ0n) is 12.1. The van der Waals surface area contributed by atoms with E-state index in [0.29, 0.717) is 0 Å². The molecule has 2 aromatic rings. The second-order valence-electron chi connectivity index (χ2n) is 6.07. The average Bonchev–Trinajstić information content (AvgIpc) is 3.20. The van der Waals surface area contributed by atoms with Crippen molar-refractivity contribution in [3.63, 3.8) is 0 Å². The van der Waals surface area contributed by atoms with E-state index in [0.717, 1.165) is 42.7 Å². The molecule has 0 unspecified atom stereocenters. The van der Waals surface area contributed by atoms with Crippen molar-refractivity contribution in [2.45, 2.75) is 37.8 Å². The van der Waals surface area contributed by atoms with Gasteiger partial charge in [-0.2, -0.15) is 0 Å². The first-order valence-corrected chi connectivity index (χ1v) is 8.56. The van der Waals surface area contributed by atoms with Crippen LogP contribution in [0.3, 0.4) is 0 Å². The summed E-state index contributed by atoms with van der Waals surface area (Å²) in [6.07, 6.45) is 6.83. The van der Waals surface area contributed by atoms with Gasteiger partial charge in [0.25, 0.3) is 0 Å². The minimum Gasteiger partial charge on any atom is -0.444 e. The Balaban J connectivity index is 1.44. The molecule has 0 aromatic carbocycles. The second kappa shape index (κ2) is 5.55. The van der Waals surface area contributed by atoms with Crippen molar-refractivity contribution in [3.05, 3.63) is 29.5 Å². The van der Waals surface area contributed by atoms with Crippen LogP contribution in [-0.2, 0) is 11.3 Å². The number of thiophene rings is 1. The average molecular weight is 304 g/mol. The smallest absolute Gasteiger partial charge is 0.236 e. The molecule has 0 atom stereocenters. The number of nitrogens with zero attached hydrogens (tertiary/aromatic N) is 2. The molecule has 112 valence electrons. The van der Waals surface area contributed by atoms with E-state index < -0.39 is 0 Å². The number of ether oxygens (including phenoxy) is 1. The van der Waals surface area contributed by atoms with E-state index in [1.54, 1.807) is 17.6 Å². The van der Waals surface area contributed by atoms with Gasteiger partial charge < -0.3 is 9.15 Å². The van der Waals surface area contributed by atoms with Crippen LogP contribution in [0.25, 0.3) is 10.8 Å². The summed E-state index contributed by atoms with van der Waals surface area (Å²) in [5.74, 6) is 0.740. The van der Waals surface area contributed by atoms with Crippen LogP contribution < -0.4 is 0 Å². The third-order valence-corrected chi connectivity index (χ3v) is 5.37. The third-order valence-electron chi connectivity index (χ3n) is 4.51. The van der Waals surface area contributed by atoms with Gasteiger partial charge in [-0.15, -0.1) is 11.3 Å². The van der Waals surface area contributed by atoms with Crippen LogP contribution in [0.15, 0.2) is 28.2 Å². The number of aromatic nitrogens is 1. The van der Waals surface area contributed by atoms with Crippen molar-refractivity contribution < 1.29 is 9.15 Å². The molecule has 0 N–H and O–H groups in total. The largest absolute Gasteiger partial charge is 0.444 e. The summed E-state index contributed by atoms with van der Waals surface area (Å²) in [7, 11) is 0. The second-order valence-corrected chi connectivity index (χ2v) is 7.02. The Kier molecular flexibility index (Phi) is 3.57. The standard InChI is InChI=1S/C16H20N2O2S/c1-2-6-16(5-1)12-18(7-8-20-16)10-13-11-19-15(17-13)14-4-3-9-21-14/h3-4,9,11H,1-2,5-8,10,12H2. The van der Waals surface area contributed by atoms with Gasteiger partial charge in [-0.05, 0) is 24.3 Å². The fourth-order valence-corrected chi connectivity index (χ4v) is 4.16. The molecule has 1 aliphatic carbocycles. The minimum atomic E-state index is 0.124. The van der Waals surface area contributed by atoms with Crippen molar-refractivity contribution in [2.75, 3.05) is 19.7 Å². The van der Waals surface area contributed by atoms with Gasteiger partial charge in [0, 0.05) is 19.6 Å². The van der Waals surface area contributed by atoms with Crippen molar-refractivity contribution in [1.82, 2.24) is 9.88 Å². The van der Waals surface area contributed by atoms with E-state index in [1.165, 1.54) is 25.7 Å². The first-order chi connectivity index (χ1) is 10.3. The molecule has 0 bridgehead atoms. The molecule has 4 nitrogen and oxygen atoms in total. The molecule has 2 fully saturated rings. The molecule has 3 heterocycles. The molecule has 2 aromatic heterocycles. The summed E-state index contributed by atoms with van der Waals surface area (Å²) in [5.41, 5.74) is 1.15. The highest BCUT2D eigenvalue weighted by atomic mass is 32.1. The van der Waals surface area contributed by atoms with Crippen LogP contribution in [0, 0.1) is 0 Å². The molecular weight excluding hydrogens is 284 g/mol. The first kappa shape index (κ1) is 13.5. The van der Waals surface area contributed by atoms with Gasteiger partial charge in [-0.1, -0.05) is 18.9 Å². The number of rotatable bonds is 3. The van der Waals surface area contributed by atoms with E-state index in [2.05, 4.69) is 9.88 Å². The molecular formula is C16H20N2O2S. The highest BCUT2D eigenvalue weighted by molar-refractivity contribution is 7.13. The SMILES string of the molecule is c1csc(-c2nc(CN3CCOC4(CCCC4)C3)co2)c1. The van der Waals surface area contributed by atoms with Crippen molar-refractivity contribution in [2.24, 2.45) is 0 Å². The van der Waals surface area contributed by atoms with Crippen LogP contribution in [0.2, 0.25) is 0 Å². The van der Waals surface area contributed by atoms with Gasteiger partial charge in [-0.25, -0.2) is 4.98 Å². The summed E-state index contributed by atoms with van der Waals surface area (Å²) < 4.78 is 11.7. The third kappa shape index (κ3) is 2.78. The Morgan fingerprint density at radius 2 is 2.24 bits per heavy atom. The van der Waals surface area contributed by atoms with Crippen LogP contribution in [0.4, 0.5) is 0 Å². The van der Waals surface area contributed by atoms with Gasteiger partial charge in [0.2, 0.25) is 5.89 Å². The van der Waals surface area contributed by atoms with E-state index in [-0.39, 0.29) is 5.60 Å². The number of hydrogen-bond acceptors (Lipinski definition) is 5. The lowest BCUT2D eigenvalue weighted by molar-refractivity contribution is -0.107. The molecule has 5 heteroatoms. The lowest BCUT2D eigenvalue weighted by Gasteiger charge is -2.40. The summed E-state index contributed by atoms with van der Waals surface area (Å²) in [6, 6.07) is 4.07. The van der Waals surface area contributed by atoms with E-state index >= 15 is 0 Å². The van der Waals surface area contributed by atoms with Gasteiger partial charge >= 0.3 is 0 Å². The summed E-state index contributed by atoms with van der Waals surface area (Å²) in [4.78, 5) is 8.18. The molecule has 1 aliphatic heterocycles. The molecule has 21 heavy (non-hydrogen) atoms. The zero-order valence-corrected chi connectivity index (χ0v) is 12.9. The van der Waals surface area contributed by atoms with Crippen molar-refractivity contribution >= 4 is 11.3 Å². The monoisotopic (exact) mass is 304 g/mol. The van der Waals surface area contributed by atoms with Crippen LogP contribution >= 0.6 is 11.3 Å². The molecule has 4 rings (SSSR count). The topological polar surface area (TPSA) is 38.5 Å². The number of oxazole rings is 1. The number of hydrogen-bond donors (Lipinski definition) is 0. The van der Waals surface area contributed by atoms with Crippen LogP contribution in [-0.4, -0.2) is 35.2 Å². The number of morpholine rings is 1. The molecule has 1 saturated carbocycles. The highest BCUT2D eigenvalue weighted by Gasteiger charge is 2.39. The first-order valence-electron chi connectivity index (χ1n) is 7.68. The van der Waals surface area contributed by atoms with Crippen molar-refractivity contribution in [3.8, 4) is 10.8 Å². The summed E-state index contributed by atoms with van der Waals surface area (Å²) in [6.45, 7) is 3.73. The van der Waals surface area contributed by atoms with Crippen LogP contribution in [0.1, 0.15) is 31.4 Å². The van der Waals surface area contributed by atoms with Crippen molar-refractivity contribution in [1.29, 1.82) is 0 Å². The Morgan fingerprint density at radius 3 is 3.05 bits per heavy atom. The fourth-order valence-electron chi connectivity index (χ4n) is 3.50. The van der Waals surface area contributed by atoms with Crippen LogP contribution in [0.5, 0.6) is 0 Å². The lowest BCUT2D eigenvalue weighted by atomic mass is 10.00. The maximum atomic E-state index is 6.07. The minimum absolute atomic E-state index is 0.124. The van der Waals surface area contributed by atoms with E-state index in [4.69, 9.17) is 9.15 Å². The molecule has 1 spiro atoms. The van der Waals surface area contributed by atoms with Gasteiger partial charge in [0.1, 0.15) is 6.26 Å². The quantitative estimate of drug-likeness (QED) is 0.869.